The van der Waals surface area contributed by atoms with Gasteiger partial charge in [0.1, 0.15) is 0 Å². The molecule has 0 aromatic rings. The Hall–Kier alpha value is -0.730. The minimum atomic E-state index is -0.891. The van der Waals surface area contributed by atoms with Crippen LogP contribution in [-0.4, -0.2) is 16.7 Å². The fourth-order valence-electron chi connectivity index (χ4n) is 2.14. The Balaban J connectivity index is 3.96. The highest BCUT2D eigenvalue weighted by atomic mass is 16.4. The third-order valence-electron chi connectivity index (χ3n) is 3.48. The summed E-state index contributed by atoms with van der Waals surface area (Å²) in [7, 11) is 0. The average molecular weight is 229 g/mol. The van der Waals surface area contributed by atoms with Crippen LogP contribution in [0.4, 0.5) is 4.79 Å². The fourth-order valence-corrected chi connectivity index (χ4v) is 2.14. The van der Waals surface area contributed by atoms with Gasteiger partial charge in [0.15, 0.2) is 0 Å². The zero-order valence-electron chi connectivity index (χ0n) is 11.0. The number of rotatable bonds is 9. The van der Waals surface area contributed by atoms with Gasteiger partial charge in [-0.3, -0.25) is 0 Å². The molecule has 0 unspecified atom stereocenters. The Morgan fingerprint density at radius 1 is 1.06 bits per heavy atom. The van der Waals surface area contributed by atoms with Crippen LogP contribution in [0.25, 0.3) is 0 Å². The number of amides is 1. The van der Waals surface area contributed by atoms with Crippen molar-refractivity contribution in [3.8, 4) is 0 Å². The molecule has 3 heteroatoms. The van der Waals surface area contributed by atoms with Crippen molar-refractivity contribution in [3.63, 3.8) is 0 Å². The zero-order valence-corrected chi connectivity index (χ0v) is 11.0. The van der Waals surface area contributed by atoms with Crippen molar-refractivity contribution in [3.05, 3.63) is 0 Å². The average Bonchev–Trinajstić information content (AvgIpc) is 2.26. The number of unbranched alkanes of at least 4 members (excludes halogenated alkanes) is 4. The van der Waals surface area contributed by atoms with Gasteiger partial charge < -0.3 is 10.4 Å². The first kappa shape index (κ1) is 15.3. The van der Waals surface area contributed by atoms with Crippen LogP contribution in [0.15, 0.2) is 0 Å². The Kier molecular flexibility index (Phi) is 8.04. The molecule has 0 saturated heterocycles. The maximum atomic E-state index is 10.8. The minimum Gasteiger partial charge on any atom is -0.465 e. The lowest BCUT2D eigenvalue weighted by Gasteiger charge is -2.31. The van der Waals surface area contributed by atoms with Crippen molar-refractivity contribution in [2.75, 3.05) is 0 Å². The Labute approximate surface area is 99.6 Å². The molecule has 0 bridgehead atoms. The maximum absolute atomic E-state index is 10.8. The van der Waals surface area contributed by atoms with E-state index >= 15 is 0 Å². The summed E-state index contributed by atoms with van der Waals surface area (Å²) >= 11 is 0. The summed E-state index contributed by atoms with van der Waals surface area (Å²) in [6.45, 7) is 6.32. The van der Waals surface area contributed by atoms with Crippen LogP contribution in [-0.2, 0) is 0 Å². The molecule has 0 spiro atoms. The summed E-state index contributed by atoms with van der Waals surface area (Å²) in [6.07, 6.45) is 7.99. The lowest BCUT2D eigenvalue weighted by molar-refractivity contribution is 0.169. The molecule has 0 aromatic heterocycles. The van der Waals surface area contributed by atoms with Gasteiger partial charge in [-0.15, -0.1) is 0 Å². The van der Waals surface area contributed by atoms with Crippen LogP contribution in [0, 0.1) is 0 Å². The van der Waals surface area contributed by atoms with Gasteiger partial charge in [-0.1, -0.05) is 52.9 Å². The van der Waals surface area contributed by atoms with Gasteiger partial charge in [-0.2, -0.15) is 0 Å². The van der Waals surface area contributed by atoms with E-state index in [0.29, 0.717) is 0 Å². The predicted octanol–water partition coefficient (Wildman–Crippen LogP) is 4.17. The topological polar surface area (TPSA) is 49.3 Å². The van der Waals surface area contributed by atoms with Crippen LogP contribution in [0.3, 0.4) is 0 Å². The molecule has 0 radical (unpaired) electrons. The Morgan fingerprint density at radius 3 is 2.06 bits per heavy atom. The molecule has 0 aliphatic rings. The summed E-state index contributed by atoms with van der Waals surface area (Å²) in [4.78, 5) is 10.8. The summed E-state index contributed by atoms with van der Waals surface area (Å²) in [5.74, 6) is 0. The van der Waals surface area contributed by atoms with Gasteiger partial charge in [0.25, 0.3) is 0 Å². The predicted molar refractivity (Wildman–Crippen MR) is 67.8 cm³/mol. The smallest absolute Gasteiger partial charge is 0.405 e. The van der Waals surface area contributed by atoms with Crippen molar-refractivity contribution in [1.29, 1.82) is 0 Å². The van der Waals surface area contributed by atoms with Crippen molar-refractivity contribution < 1.29 is 9.90 Å². The number of nitrogens with one attached hydrogen (secondary N) is 1. The first-order valence-electron chi connectivity index (χ1n) is 6.61. The van der Waals surface area contributed by atoms with Crippen LogP contribution in [0.2, 0.25) is 0 Å². The lowest BCUT2D eigenvalue weighted by Crippen LogP contribution is -2.46. The van der Waals surface area contributed by atoms with Gasteiger partial charge in [-0.05, 0) is 19.3 Å². The van der Waals surface area contributed by atoms with Gasteiger partial charge in [0.05, 0.1) is 0 Å². The van der Waals surface area contributed by atoms with E-state index in [0.717, 1.165) is 25.7 Å². The van der Waals surface area contributed by atoms with Crippen molar-refractivity contribution in [2.45, 2.75) is 77.7 Å². The SMILES string of the molecule is CCCCCCCC(CC)(CC)NC(=O)O. The summed E-state index contributed by atoms with van der Waals surface area (Å²) < 4.78 is 0. The van der Waals surface area contributed by atoms with Crippen molar-refractivity contribution in [2.24, 2.45) is 0 Å². The molecule has 0 aliphatic heterocycles. The van der Waals surface area contributed by atoms with E-state index in [-0.39, 0.29) is 5.54 Å². The molecular formula is C13H27NO2. The molecule has 0 aromatic carbocycles. The third kappa shape index (κ3) is 5.99. The van der Waals surface area contributed by atoms with E-state index in [1.807, 2.05) is 0 Å². The first-order chi connectivity index (χ1) is 7.60. The molecule has 96 valence electrons. The van der Waals surface area contributed by atoms with E-state index in [1.165, 1.54) is 25.7 Å². The van der Waals surface area contributed by atoms with E-state index in [2.05, 4.69) is 26.1 Å². The number of hydrogen-bond donors (Lipinski definition) is 2. The third-order valence-corrected chi connectivity index (χ3v) is 3.48. The van der Waals surface area contributed by atoms with Gasteiger partial charge in [-0.25, -0.2) is 4.79 Å². The molecule has 1 amide bonds. The Morgan fingerprint density at radius 2 is 1.62 bits per heavy atom. The summed E-state index contributed by atoms with van der Waals surface area (Å²) in [6, 6.07) is 0. The van der Waals surface area contributed by atoms with Gasteiger partial charge >= 0.3 is 6.09 Å². The molecule has 0 rings (SSSR count). The largest absolute Gasteiger partial charge is 0.465 e. The molecule has 0 aliphatic carbocycles. The monoisotopic (exact) mass is 229 g/mol. The molecule has 16 heavy (non-hydrogen) atoms. The molecule has 2 N–H and O–H groups in total. The fraction of sp³-hybridized carbons (Fsp3) is 0.923. The number of carboxylic acid groups (broad SMARTS) is 1. The van der Waals surface area contributed by atoms with E-state index < -0.39 is 6.09 Å². The summed E-state index contributed by atoms with van der Waals surface area (Å²) in [5.41, 5.74) is -0.196. The quantitative estimate of drug-likeness (QED) is 0.583. The molecule has 0 saturated carbocycles. The second-order valence-corrected chi connectivity index (χ2v) is 4.58. The Bertz CT molecular complexity index is 188. The second kappa shape index (κ2) is 8.43. The minimum absolute atomic E-state index is 0.196. The highest BCUT2D eigenvalue weighted by molar-refractivity contribution is 5.65. The second-order valence-electron chi connectivity index (χ2n) is 4.58. The van der Waals surface area contributed by atoms with Gasteiger partial charge in [0, 0.05) is 5.54 Å². The summed E-state index contributed by atoms with van der Waals surface area (Å²) in [5, 5.41) is 11.5. The van der Waals surface area contributed by atoms with E-state index in [4.69, 9.17) is 5.11 Å². The van der Waals surface area contributed by atoms with E-state index in [9.17, 15) is 4.79 Å². The van der Waals surface area contributed by atoms with Crippen LogP contribution in [0.5, 0.6) is 0 Å². The highest BCUT2D eigenvalue weighted by Gasteiger charge is 2.27. The lowest BCUT2D eigenvalue weighted by atomic mass is 9.87. The van der Waals surface area contributed by atoms with Crippen molar-refractivity contribution >= 4 is 6.09 Å². The molecule has 0 fully saturated rings. The molecule has 0 heterocycles. The maximum Gasteiger partial charge on any atom is 0.405 e. The zero-order chi connectivity index (χ0) is 12.4. The van der Waals surface area contributed by atoms with Gasteiger partial charge in [0.2, 0.25) is 0 Å². The molecular weight excluding hydrogens is 202 g/mol. The van der Waals surface area contributed by atoms with Crippen molar-refractivity contribution in [1.82, 2.24) is 5.32 Å². The van der Waals surface area contributed by atoms with Crippen LogP contribution in [0.1, 0.15) is 72.1 Å². The highest BCUT2D eigenvalue weighted by Crippen LogP contribution is 2.23. The number of carbonyl (C=O) groups is 1. The standard InChI is InChI=1S/C13H27NO2/c1-4-7-8-9-10-11-13(5-2,6-3)14-12(15)16/h14H,4-11H2,1-3H3,(H,15,16). The van der Waals surface area contributed by atoms with E-state index in [1.54, 1.807) is 0 Å². The van der Waals surface area contributed by atoms with Crippen LogP contribution < -0.4 is 5.32 Å². The van der Waals surface area contributed by atoms with Crippen LogP contribution >= 0.6 is 0 Å². The first-order valence-corrected chi connectivity index (χ1v) is 6.61. The number of hydrogen-bond acceptors (Lipinski definition) is 1. The molecule has 3 nitrogen and oxygen atoms in total. The molecule has 0 atom stereocenters. The normalized spacial score (nSPS) is 11.4.